The van der Waals surface area contributed by atoms with Gasteiger partial charge >= 0.3 is 6.03 Å². The molecular formula is C17H22N4O2. The first-order valence-electron chi connectivity index (χ1n) is 8.06. The highest BCUT2D eigenvalue weighted by atomic mass is 16.4. The number of rotatable bonds is 3. The van der Waals surface area contributed by atoms with E-state index in [1.807, 2.05) is 35.8 Å². The first kappa shape index (κ1) is 15.5. The van der Waals surface area contributed by atoms with Gasteiger partial charge in [-0.3, -0.25) is 0 Å². The topological polar surface area (TPSA) is 62.5 Å². The maximum absolute atomic E-state index is 12.9. The molecule has 0 bridgehead atoms. The number of carbonyl (C=O) groups is 1. The number of hydrogen-bond donors (Lipinski definition) is 0. The lowest BCUT2D eigenvalue weighted by Gasteiger charge is -2.37. The van der Waals surface area contributed by atoms with E-state index in [1.165, 1.54) is 11.1 Å². The number of fused-ring (bicyclic) bond motifs is 1. The fourth-order valence-corrected chi connectivity index (χ4v) is 3.07. The Morgan fingerprint density at radius 2 is 1.96 bits per heavy atom. The van der Waals surface area contributed by atoms with E-state index >= 15 is 0 Å². The number of nitrogens with zero attached hydrogens (tertiary/aromatic N) is 4. The van der Waals surface area contributed by atoms with Crippen molar-refractivity contribution in [1.82, 2.24) is 20.0 Å². The Labute approximate surface area is 136 Å². The smallest absolute Gasteiger partial charge is 0.320 e. The van der Waals surface area contributed by atoms with Gasteiger partial charge in [0.05, 0.1) is 0 Å². The van der Waals surface area contributed by atoms with Gasteiger partial charge in [-0.05, 0) is 25.0 Å². The van der Waals surface area contributed by atoms with Crippen LogP contribution in [0, 0.1) is 6.92 Å². The molecule has 1 aromatic carbocycles. The van der Waals surface area contributed by atoms with Gasteiger partial charge in [0.1, 0.15) is 6.04 Å². The van der Waals surface area contributed by atoms with Gasteiger partial charge in [-0.25, -0.2) is 4.79 Å². The second-order valence-corrected chi connectivity index (χ2v) is 5.73. The summed E-state index contributed by atoms with van der Waals surface area (Å²) in [5.74, 6) is 1.03. The molecule has 2 aromatic rings. The standard InChI is InChI=1S/C17H22N4O2/c1-4-20(5-2)17(22)21-11-14-9-7-6-8-13(14)10-15(21)16-19-18-12(3)23-16/h6-9,15H,4-5,10-11H2,1-3H3/t15-/m1/s1. The summed E-state index contributed by atoms with van der Waals surface area (Å²) in [6.45, 7) is 7.68. The van der Waals surface area contributed by atoms with Crippen LogP contribution in [-0.2, 0) is 13.0 Å². The Hall–Kier alpha value is -2.37. The molecule has 122 valence electrons. The Morgan fingerprint density at radius 1 is 1.26 bits per heavy atom. The Kier molecular flexibility index (Phi) is 4.32. The molecule has 1 aliphatic heterocycles. The van der Waals surface area contributed by atoms with E-state index in [2.05, 4.69) is 22.3 Å². The van der Waals surface area contributed by atoms with E-state index in [0.29, 0.717) is 37.8 Å². The molecule has 0 unspecified atom stereocenters. The van der Waals surface area contributed by atoms with Crippen LogP contribution in [0.5, 0.6) is 0 Å². The molecule has 0 N–H and O–H groups in total. The van der Waals surface area contributed by atoms with E-state index in [0.717, 1.165) is 0 Å². The molecule has 2 amide bonds. The van der Waals surface area contributed by atoms with E-state index in [-0.39, 0.29) is 12.1 Å². The van der Waals surface area contributed by atoms with Crippen molar-refractivity contribution in [2.75, 3.05) is 13.1 Å². The fraction of sp³-hybridized carbons (Fsp3) is 0.471. The first-order chi connectivity index (χ1) is 11.1. The Balaban J connectivity index is 1.97. The summed E-state index contributed by atoms with van der Waals surface area (Å²) in [5, 5.41) is 8.09. The maximum atomic E-state index is 12.9. The minimum absolute atomic E-state index is 0.0188. The van der Waals surface area contributed by atoms with Crippen LogP contribution in [0.15, 0.2) is 28.7 Å². The lowest BCUT2D eigenvalue weighted by atomic mass is 9.94. The minimum Gasteiger partial charge on any atom is -0.423 e. The number of carbonyl (C=O) groups excluding carboxylic acids is 1. The molecule has 2 heterocycles. The second kappa shape index (κ2) is 6.40. The zero-order chi connectivity index (χ0) is 16.4. The molecule has 0 saturated heterocycles. The zero-order valence-electron chi connectivity index (χ0n) is 13.8. The van der Waals surface area contributed by atoms with Crippen molar-refractivity contribution < 1.29 is 9.21 Å². The number of hydrogen-bond acceptors (Lipinski definition) is 4. The van der Waals surface area contributed by atoms with E-state index in [9.17, 15) is 4.79 Å². The van der Waals surface area contributed by atoms with Crippen molar-refractivity contribution in [3.8, 4) is 0 Å². The highest BCUT2D eigenvalue weighted by Gasteiger charge is 2.35. The molecule has 0 radical (unpaired) electrons. The van der Waals surface area contributed by atoms with Crippen molar-refractivity contribution in [3.05, 3.63) is 47.2 Å². The van der Waals surface area contributed by atoms with Crippen LogP contribution in [0.25, 0.3) is 0 Å². The Bertz CT molecular complexity index is 693. The zero-order valence-corrected chi connectivity index (χ0v) is 13.8. The van der Waals surface area contributed by atoms with Gasteiger partial charge in [0.2, 0.25) is 11.8 Å². The number of benzene rings is 1. The molecule has 0 fully saturated rings. The van der Waals surface area contributed by atoms with Gasteiger partial charge < -0.3 is 14.2 Å². The summed E-state index contributed by atoms with van der Waals surface area (Å²) in [5.41, 5.74) is 2.41. The van der Waals surface area contributed by atoms with E-state index in [4.69, 9.17) is 4.42 Å². The number of urea groups is 1. The van der Waals surface area contributed by atoms with E-state index in [1.54, 1.807) is 6.92 Å². The van der Waals surface area contributed by atoms with Gasteiger partial charge in [0, 0.05) is 33.0 Å². The van der Waals surface area contributed by atoms with Crippen molar-refractivity contribution >= 4 is 6.03 Å². The predicted octanol–water partition coefficient (Wildman–Crippen LogP) is 2.94. The molecule has 1 aromatic heterocycles. The fourth-order valence-electron chi connectivity index (χ4n) is 3.07. The minimum atomic E-state index is -0.209. The lowest BCUT2D eigenvalue weighted by Crippen LogP contribution is -2.46. The van der Waals surface area contributed by atoms with Gasteiger partial charge in [-0.15, -0.1) is 10.2 Å². The molecular weight excluding hydrogens is 292 g/mol. The molecule has 1 aliphatic rings. The third-order valence-corrected chi connectivity index (χ3v) is 4.35. The van der Waals surface area contributed by atoms with E-state index < -0.39 is 0 Å². The normalized spacial score (nSPS) is 17.0. The van der Waals surface area contributed by atoms with Crippen LogP contribution < -0.4 is 0 Å². The van der Waals surface area contributed by atoms with Crippen molar-refractivity contribution in [3.63, 3.8) is 0 Å². The summed E-state index contributed by atoms with van der Waals surface area (Å²) in [6, 6.07) is 8.02. The third-order valence-electron chi connectivity index (χ3n) is 4.35. The van der Waals surface area contributed by atoms with Crippen molar-refractivity contribution in [2.45, 2.75) is 39.8 Å². The first-order valence-corrected chi connectivity index (χ1v) is 8.06. The predicted molar refractivity (Wildman–Crippen MR) is 85.8 cm³/mol. The van der Waals surface area contributed by atoms with Crippen LogP contribution in [0.1, 0.15) is 42.8 Å². The molecule has 1 atom stereocenters. The van der Waals surface area contributed by atoms with Crippen LogP contribution >= 0.6 is 0 Å². The third kappa shape index (κ3) is 2.93. The summed E-state index contributed by atoms with van der Waals surface area (Å²) < 4.78 is 5.63. The second-order valence-electron chi connectivity index (χ2n) is 5.73. The molecule has 23 heavy (non-hydrogen) atoms. The van der Waals surface area contributed by atoms with Crippen LogP contribution in [0.3, 0.4) is 0 Å². The highest BCUT2D eigenvalue weighted by Crippen LogP contribution is 2.33. The molecule has 3 rings (SSSR count). The molecule has 0 spiro atoms. The van der Waals surface area contributed by atoms with Crippen molar-refractivity contribution in [2.24, 2.45) is 0 Å². The van der Waals surface area contributed by atoms with Crippen LogP contribution in [0.2, 0.25) is 0 Å². The number of aromatic nitrogens is 2. The summed E-state index contributed by atoms with van der Waals surface area (Å²) in [6.07, 6.45) is 0.699. The highest BCUT2D eigenvalue weighted by molar-refractivity contribution is 5.75. The Morgan fingerprint density at radius 3 is 2.57 bits per heavy atom. The average molecular weight is 314 g/mol. The van der Waals surface area contributed by atoms with Crippen molar-refractivity contribution in [1.29, 1.82) is 0 Å². The summed E-state index contributed by atoms with van der Waals surface area (Å²) in [7, 11) is 0. The SMILES string of the molecule is CCN(CC)C(=O)N1Cc2ccccc2C[C@@H]1c1nnc(C)o1. The number of aryl methyl sites for hydroxylation is 1. The summed E-state index contributed by atoms with van der Waals surface area (Å²) in [4.78, 5) is 16.6. The van der Waals surface area contributed by atoms with Gasteiger partial charge in [-0.2, -0.15) is 0 Å². The number of amides is 2. The quantitative estimate of drug-likeness (QED) is 0.874. The summed E-state index contributed by atoms with van der Waals surface area (Å²) >= 11 is 0. The van der Waals surface area contributed by atoms with Gasteiger partial charge in [-0.1, -0.05) is 24.3 Å². The monoisotopic (exact) mass is 314 g/mol. The molecule has 6 nitrogen and oxygen atoms in total. The van der Waals surface area contributed by atoms with Gasteiger partial charge in [0.15, 0.2) is 0 Å². The van der Waals surface area contributed by atoms with Gasteiger partial charge in [0.25, 0.3) is 0 Å². The average Bonchev–Trinajstić information content (AvgIpc) is 3.01. The molecule has 0 saturated carbocycles. The maximum Gasteiger partial charge on any atom is 0.320 e. The largest absolute Gasteiger partial charge is 0.423 e. The van der Waals surface area contributed by atoms with Crippen LogP contribution in [0.4, 0.5) is 4.79 Å². The molecule has 6 heteroatoms. The van der Waals surface area contributed by atoms with Crippen LogP contribution in [-0.4, -0.2) is 39.1 Å². The molecule has 0 aliphatic carbocycles. The lowest BCUT2D eigenvalue weighted by molar-refractivity contribution is 0.117.